The van der Waals surface area contributed by atoms with E-state index < -0.39 is 5.91 Å². The predicted molar refractivity (Wildman–Crippen MR) is 111 cm³/mol. The lowest BCUT2D eigenvalue weighted by Crippen LogP contribution is -2.17. The maximum Gasteiger partial charge on any atom is 0.275 e. The van der Waals surface area contributed by atoms with Crippen LogP contribution in [0.4, 0.5) is 0 Å². The smallest absolute Gasteiger partial charge is 0.275 e. The van der Waals surface area contributed by atoms with Crippen molar-refractivity contribution >= 4 is 46.1 Å². The number of nitrogens with one attached hydrogen (secondary N) is 1. The van der Waals surface area contributed by atoms with Gasteiger partial charge >= 0.3 is 0 Å². The van der Waals surface area contributed by atoms with E-state index in [2.05, 4.69) is 16.4 Å². The lowest BCUT2D eigenvalue weighted by Gasteiger charge is -2.08. The molecule has 1 amide bonds. The monoisotopic (exact) mass is 412 g/mol. The van der Waals surface area contributed by atoms with Crippen LogP contribution in [0.1, 0.15) is 15.9 Å². The number of carbonyl (C=O) groups excluding carboxylic acids is 1. The van der Waals surface area contributed by atoms with Crippen molar-refractivity contribution in [1.29, 1.82) is 0 Å². The SMILES string of the molecule is C#CCOc1c(Cl)cc(C=NNC(=O)c2cc3ccccc3cc2O)cc1Cl. The third kappa shape index (κ3) is 4.37. The Kier molecular flexibility index (Phi) is 6.05. The summed E-state index contributed by atoms with van der Waals surface area (Å²) in [4.78, 5) is 12.3. The topological polar surface area (TPSA) is 70.9 Å². The fourth-order valence-electron chi connectivity index (χ4n) is 2.54. The number of phenolic OH excluding ortho intramolecular Hbond substituents is 1. The van der Waals surface area contributed by atoms with Crippen LogP contribution < -0.4 is 10.2 Å². The van der Waals surface area contributed by atoms with Gasteiger partial charge < -0.3 is 9.84 Å². The van der Waals surface area contributed by atoms with Crippen molar-refractivity contribution in [2.24, 2.45) is 5.10 Å². The molecule has 28 heavy (non-hydrogen) atoms. The minimum absolute atomic E-state index is 0.0399. The first kappa shape index (κ1) is 19.6. The molecule has 3 rings (SSSR count). The van der Waals surface area contributed by atoms with Crippen molar-refractivity contribution in [3.63, 3.8) is 0 Å². The van der Waals surface area contributed by atoms with Crippen LogP contribution in [0, 0.1) is 12.3 Å². The average molecular weight is 413 g/mol. The van der Waals surface area contributed by atoms with Crippen molar-refractivity contribution in [1.82, 2.24) is 5.43 Å². The minimum atomic E-state index is -0.550. The van der Waals surface area contributed by atoms with Crippen LogP contribution in [-0.2, 0) is 0 Å². The summed E-state index contributed by atoms with van der Waals surface area (Å²) in [5.74, 6) is 1.93. The lowest BCUT2D eigenvalue weighted by molar-refractivity contribution is 0.0952. The van der Waals surface area contributed by atoms with Crippen LogP contribution in [0.3, 0.4) is 0 Å². The molecule has 0 aliphatic carbocycles. The van der Waals surface area contributed by atoms with E-state index in [1.807, 2.05) is 24.3 Å². The number of amides is 1. The molecule has 0 radical (unpaired) electrons. The van der Waals surface area contributed by atoms with E-state index in [9.17, 15) is 9.90 Å². The molecule has 7 heteroatoms. The molecule has 0 saturated heterocycles. The first-order valence-corrected chi connectivity index (χ1v) is 8.85. The Morgan fingerprint density at radius 2 is 1.82 bits per heavy atom. The zero-order valence-corrected chi connectivity index (χ0v) is 16.0. The van der Waals surface area contributed by atoms with Crippen LogP contribution in [0.25, 0.3) is 10.8 Å². The number of ether oxygens (including phenoxy) is 1. The maximum absolute atomic E-state index is 12.3. The number of benzene rings is 3. The summed E-state index contributed by atoms with van der Waals surface area (Å²) in [7, 11) is 0. The maximum atomic E-state index is 12.3. The largest absolute Gasteiger partial charge is 0.507 e. The Morgan fingerprint density at radius 1 is 1.18 bits per heavy atom. The molecule has 0 fully saturated rings. The Bertz CT molecular complexity index is 1100. The fourth-order valence-corrected chi connectivity index (χ4v) is 3.15. The van der Waals surface area contributed by atoms with Crippen molar-refractivity contribution in [2.75, 3.05) is 6.61 Å². The molecule has 140 valence electrons. The van der Waals surface area contributed by atoms with Gasteiger partial charge in [0.05, 0.1) is 21.8 Å². The molecular weight excluding hydrogens is 399 g/mol. The number of hydrogen-bond donors (Lipinski definition) is 2. The molecule has 0 aliphatic heterocycles. The molecule has 0 aliphatic rings. The number of carbonyl (C=O) groups is 1. The molecule has 0 unspecified atom stereocenters. The van der Waals surface area contributed by atoms with Crippen LogP contribution in [0.5, 0.6) is 11.5 Å². The van der Waals surface area contributed by atoms with Gasteiger partial charge in [-0.3, -0.25) is 4.79 Å². The third-order valence-corrected chi connectivity index (χ3v) is 4.37. The highest BCUT2D eigenvalue weighted by molar-refractivity contribution is 6.37. The van der Waals surface area contributed by atoms with Crippen LogP contribution in [0.15, 0.2) is 53.6 Å². The van der Waals surface area contributed by atoms with E-state index >= 15 is 0 Å². The number of terminal acetylenes is 1. The Balaban J connectivity index is 1.75. The summed E-state index contributed by atoms with van der Waals surface area (Å²) in [6.45, 7) is 0.0399. The molecule has 2 N–H and O–H groups in total. The lowest BCUT2D eigenvalue weighted by atomic mass is 10.1. The number of aromatic hydroxyl groups is 1. The molecular formula is C21H14Cl2N2O3. The number of phenols is 1. The fraction of sp³-hybridized carbons (Fsp3) is 0.0476. The third-order valence-electron chi connectivity index (χ3n) is 3.81. The zero-order chi connectivity index (χ0) is 20.1. The van der Waals surface area contributed by atoms with Gasteiger partial charge in [0.1, 0.15) is 12.4 Å². The van der Waals surface area contributed by atoms with Crippen molar-refractivity contribution in [2.45, 2.75) is 0 Å². The van der Waals surface area contributed by atoms with Crippen LogP contribution >= 0.6 is 23.2 Å². The predicted octanol–water partition coefficient (Wildman–Crippen LogP) is 4.63. The summed E-state index contributed by atoms with van der Waals surface area (Å²) < 4.78 is 5.28. The first-order chi connectivity index (χ1) is 13.5. The average Bonchev–Trinajstić information content (AvgIpc) is 2.66. The normalized spacial score (nSPS) is 10.8. The van der Waals surface area contributed by atoms with Gasteiger partial charge in [-0.05, 0) is 40.6 Å². The Labute approximate surface area is 171 Å². The number of halogens is 2. The standard InChI is InChI=1S/C21H14Cl2N2O3/c1-2-7-28-20-17(22)8-13(9-18(20)23)12-24-25-21(27)16-10-14-5-3-4-6-15(14)11-19(16)26/h1,3-6,8-12,26H,7H2,(H,25,27). The van der Waals surface area contributed by atoms with Crippen molar-refractivity contribution in [3.8, 4) is 23.8 Å². The molecule has 0 heterocycles. The first-order valence-electron chi connectivity index (χ1n) is 8.10. The number of nitrogens with zero attached hydrogens (tertiary/aromatic N) is 1. The van der Waals surface area contributed by atoms with Gasteiger partial charge in [0.2, 0.25) is 0 Å². The molecule has 0 aromatic heterocycles. The number of hydrogen-bond acceptors (Lipinski definition) is 4. The van der Waals surface area contributed by atoms with Gasteiger partial charge in [-0.15, -0.1) is 6.42 Å². The summed E-state index contributed by atoms with van der Waals surface area (Å²) >= 11 is 12.2. The van der Waals surface area contributed by atoms with E-state index in [1.54, 1.807) is 18.2 Å². The second kappa shape index (κ2) is 8.66. The number of fused-ring (bicyclic) bond motifs is 1. The van der Waals surface area contributed by atoms with Gasteiger partial charge in [0, 0.05) is 0 Å². The summed E-state index contributed by atoms with van der Waals surface area (Å²) in [6.07, 6.45) is 6.52. The van der Waals surface area contributed by atoms with E-state index in [0.29, 0.717) is 5.56 Å². The van der Waals surface area contributed by atoms with Crippen LogP contribution in [-0.4, -0.2) is 23.8 Å². The quantitative estimate of drug-likeness (QED) is 0.364. The summed E-state index contributed by atoms with van der Waals surface area (Å²) in [5, 5.41) is 16.2. The highest BCUT2D eigenvalue weighted by atomic mass is 35.5. The second-order valence-corrected chi connectivity index (χ2v) is 6.54. The number of rotatable bonds is 5. The summed E-state index contributed by atoms with van der Waals surface area (Å²) in [6, 6.07) is 13.7. The van der Waals surface area contributed by atoms with Crippen LogP contribution in [0.2, 0.25) is 10.0 Å². The van der Waals surface area contributed by atoms with E-state index in [4.69, 9.17) is 34.4 Å². The minimum Gasteiger partial charge on any atom is -0.507 e. The second-order valence-electron chi connectivity index (χ2n) is 5.72. The molecule has 0 atom stereocenters. The van der Waals surface area contributed by atoms with Crippen molar-refractivity contribution < 1.29 is 14.6 Å². The molecule has 3 aromatic rings. The van der Waals surface area contributed by atoms with Gasteiger partial charge in [-0.1, -0.05) is 53.4 Å². The van der Waals surface area contributed by atoms with E-state index in [1.165, 1.54) is 12.3 Å². The van der Waals surface area contributed by atoms with Crippen molar-refractivity contribution in [3.05, 3.63) is 69.7 Å². The van der Waals surface area contributed by atoms with Gasteiger partial charge in [0.25, 0.3) is 5.91 Å². The Hall–Kier alpha value is -3.20. The molecule has 0 spiro atoms. The highest BCUT2D eigenvalue weighted by Gasteiger charge is 2.12. The van der Waals surface area contributed by atoms with Gasteiger partial charge in [-0.25, -0.2) is 5.43 Å². The Morgan fingerprint density at radius 3 is 2.46 bits per heavy atom. The van der Waals surface area contributed by atoms with E-state index in [0.717, 1.165) is 10.8 Å². The van der Waals surface area contributed by atoms with E-state index in [-0.39, 0.29) is 33.7 Å². The molecule has 0 bridgehead atoms. The summed E-state index contributed by atoms with van der Waals surface area (Å²) in [5.41, 5.74) is 3.03. The van der Waals surface area contributed by atoms with Gasteiger partial charge in [0.15, 0.2) is 5.75 Å². The molecule has 5 nitrogen and oxygen atoms in total. The molecule has 3 aromatic carbocycles. The highest BCUT2D eigenvalue weighted by Crippen LogP contribution is 2.33. The number of hydrazone groups is 1. The zero-order valence-electron chi connectivity index (χ0n) is 14.4. The molecule has 0 saturated carbocycles. The van der Waals surface area contributed by atoms with Gasteiger partial charge in [-0.2, -0.15) is 5.10 Å².